The number of fused-ring (bicyclic) bond motifs is 1. The molecule has 106 valence electrons. The van der Waals surface area contributed by atoms with Crippen molar-refractivity contribution in [3.63, 3.8) is 0 Å². The highest BCUT2D eigenvalue weighted by molar-refractivity contribution is 5.96. The maximum absolute atomic E-state index is 11.3. The average molecular weight is 283 g/mol. The Hall–Kier alpha value is -2.89. The zero-order chi connectivity index (χ0) is 15.0. The molecule has 0 unspecified atom stereocenters. The standard InChI is InChI=1S/C15H13N3O3/c1-9-13(15(19)20)14-16-8-7-12(18(14)17-9)10-3-5-11(21-2)6-4-10/h3-8H,1-2H3,(H,19,20). The van der Waals surface area contributed by atoms with Crippen LogP contribution < -0.4 is 4.74 Å². The van der Waals surface area contributed by atoms with Crippen molar-refractivity contribution in [3.05, 3.63) is 47.8 Å². The second-order valence-corrected chi connectivity index (χ2v) is 4.56. The van der Waals surface area contributed by atoms with Gasteiger partial charge in [-0.2, -0.15) is 5.10 Å². The first-order chi connectivity index (χ1) is 10.1. The fraction of sp³-hybridized carbons (Fsp3) is 0.133. The van der Waals surface area contributed by atoms with Gasteiger partial charge < -0.3 is 9.84 Å². The Balaban J connectivity index is 2.23. The van der Waals surface area contributed by atoms with Crippen LogP contribution in [0.25, 0.3) is 16.9 Å². The van der Waals surface area contributed by atoms with Crippen molar-refractivity contribution >= 4 is 11.6 Å². The lowest BCUT2D eigenvalue weighted by Gasteiger charge is -2.05. The lowest BCUT2D eigenvalue weighted by molar-refractivity contribution is 0.0698. The number of aryl methyl sites for hydroxylation is 1. The summed E-state index contributed by atoms with van der Waals surface area (Å²) in [5.74, 6) is -0.270. The van der Waals surface area contributed by atoms with Gasteiger partial charge in [-0.05, 0) is 37.3 Å². The van der Waals surface area contributed by atoms with Crippen molar-refractivity contribution in [2.75, 3.05) is 7.11 Å². The second kappa shape index (κ2) is 4.90. The Morgan fingerprint density at radius 3 is 2.57 bits per heavy atom. The topological polar surface area (TPSA) is 76.7 Å². The number of ether oxygens (including phenoxy) is 1. The number of carboxylic acid groups (broad SMARTS) is 1. The van der Waals surface area contributed by atoms with Gasteiger partial charge in [0.25, 0.3) is 0 Å². The van der Waals surface area contributed by atoms with Crippen LogP contribution in [0.1, 0.15) is 16.1 Å². The zero-order valence-corrected chi connectivity index (χ0v) is 11.6. The molecule has 0 saturated heterocycles. The van der Waals surface area contributed by atoms with Gasteiger partial charge in [0, 0.05) is 11.8 Å². The maximum atomic E-state index is 11.3. The van der Waals surface area contributed by atoms with E-state index < -0.39 is 5.97 Å². The van der Waals surface area contributed by atoms with Crippen LogP contribution in [-0.4, -0.2) is 32.8 Å². The number of carboxylic acids is 1. The minimum atomic E-state index is -1.03. The number of hydrogen-bond acceptors (Lipinski definition) is 4. The molecule has 3 rings (SSSR count). The van der Waals surface area contributed by atoms with Crippen molar-refractivity contribution in [2.45, 2.75) is 6.92 Å². The number of hydrogen-bond donors (Lipinski definition) is 1. The van der Waals surface area contributed by atoms with E-state index in [9.17, 15) is 9.90 Å². The predicted octanol–water partition coefficient (Wildman–Crippen LogP) is 2.41. The monoisotopic (exact) mass is 283 g/mol. The molecule has 1 aromatic carbocycles. The van der Waals surface area contributed by atoms with Crippen molar-refractivity contribution in [2.24, 2.45) is 0 Å². The zero-order valence-electron chi connectivity index (χ0n) is 11.6. The highest BCUT2D eigenvalue weighted by Gasteiger charge is 2.19. The maximum Gasteiger partial charge on any atom is 0.341 e. The molecule has 0 bridgehead atoms. The summed E-state index contributed by atoms with van der Waals surface area (Å²) in [6.45, 7) is 1.66. The van der Waals surface area contributed by atoms with E-state index in [-0.39, 0.29) is 5.56 Å². The quantitative estimate of drug-likeness (QED) is 0.798. The third-order valence-corrected chi connectivity index (χ3v) is 3.29. The molecule has 0 aliphatic carbocycles. The smallest absolute Gasteiger partial charge is 0.341 e. The first kappa shape index (κ1) is 13.1. The first-order valence-corrected chi connectivity index (χ1v) is 6.34. The van der Waals surface area contributed by atoms with Crippen molar-refractivity contribution in [1.29, 1.82) is 0 Å². The van der Waals surface area contributed by atoms with Gasteiger partial charge in [0.15, 0.2) is 5.65 Å². The van der Waals surface area contributed by atoms with Crippen LogP contribution >= 0.6 is 0 Å². The third-order valence-electron chi connectivity index (χ3n) is 3.29. The van der Waals surface area contributed by atoms with Gasteiger partial charge in [0.2, 0.25) is 0 Å². The molecule has 0 saturated carbocycles. The fourth-order valence-corrected chi connectivity index (χ4v) is 2.28. The molecule has 1 N–H and O–H groups in total. The van der Waals surface area contributed by atoms with E-state index in [1.807, 2.05) is 24.3 Å². The summed E-state index contributed by atoms with van der Waals surface area (Å²) in [4.78, 5) is 15.5. The van der Waals surface area contributed by atoms with Crippen LogP contribution in [0.15, 0.2) is 36.5 Å². The van der Waals surface area contributed by atoms with Crippen LogP contribution in [0.2, 0.25) is 0 Å². The predicted molar refractivity (Wildman–Crippen MR) is 76.7 cm³/mol. The van der Waals surface area contributed by atoms with E-state index in [2.05, 4.69) is 10.1 Å². The molecule has 0 radical (unpaired) electrons. The number of aromatic carboxylic acids is 1. The normalized spacial score (nSPS) is 10.8. The second-order valence-electron chi connectivity index (χ2n) is 4.56. The molecule has 0 aliphatic heterocycles. The van der Waals surface area contributed by atoms with Crippen LogP contribution in [0, 0.1) is 6.92 Å². The van der Waals surface area contributed by atoms with E-state index in [4.69, 9.17) is 4.74 Å². The van der Waals surface area contributed by atoms with Gasteiger partial charge in [0.1, 0.15) is 11.3 Å². The Morgan fingerprint density at radius 1 is 1.24 bits per heavy atom. The summed E-state index contributed by atoms with van der Waals surface area (Å²) in [6.07, 6.45) is 1.59. The Bertz CT molecular complexity index is 822. The van der Waals surface area contributed by atoms with E-state index in [0.29, 0.717) is 11.3 Å². The highest BCUT2D eigenvalue weighted by atomic mass is 16.5. The fourth-order valence-electron chi connectivity index (χ4n) is 2.28. The van der Waals surface area contributed by atoms with Crippen molar-refractivity contribution in [3.8, 4) is 17.0 Å². The Kier molecular flexibility index (Phi) is 3.06. The summed E-state index contributed by atoms with van der Waals surface area (Å²) >= 11 is 0. The minimum absolute atomic E-state index is 0.130. The molecule has 2 aromatic heterocycles. The molecule has 0 atom stereocenters. The van der Waals surface area contributed by atoms with Gasteiger partial charge in [-0.3, -0.25) is 0 Å². The molecule has 0 aliphatic rings. The lowest BCUT2D eigenvalue weighted by atomic mass is 10.1. The molecule has 3 aromatic rings. The number of rotatable bonds is 3. The van der Waals surface area contributed by atoms with E-state index in [0.717, 1.165) is 17.0 Å². The number of methoxy groups -OCH3 is 1. The van der Waals surface area contributed by atoms with Crippen molar-refractivity contribution in [1.82, 2.24) is 14.6 Å². The molecule has 0 spiro atoms. The largest absolute Gasteiger partial charge is 0.497 e. The summed E-state index contributed by atoms with van der Waals surface area (Å²) in [6, 6.07) is 9.27. The molecule has 21 heavy (non-hydrogen) atoms. The van der Waals surface area contributed by atoms with Crippen LogP contribution in [0.5, 0.6) is 5.75 Å². The summed E-state index contributed by atoms with van der Waals surface area (Å²) in [5.41, 5.74) is 2.59. The number of benzene rings is 1. The SMILES string of the molecule is COc1ccc(-c2ccnc3c(C(=O)O)c(C)nn23)cc1. The molecule has 0 fully saturated rings. The molecule has 6 heteroatoms. The molecular weight excluding hydrogens is 270 g/mol. The Labute approximate surface area is 120 Å². The van der Waals surface area contributed by atoms with Crippen LogP contribution in [0.4, 0.5) is 0 Å². The average Bonchev–Trinajstić information content (AvgIpc) is 2.83. The molecule has 2 heterocycles. The van der Waals surface area contributed by atoms with Crippen LogP contribution in [0.3, 0.4) is 0 Å². The van der Waals surface area contributed by atoms with E-state index in [1.54, 1.807) is 30.8 Å². The molecule has 0 amide bonds. The molecular formula is C15H13N3O3. The number of aromatic nitrogens is 3. The van der Waals surface area contributed by atoms with Gasteiger partial charge in [-0.1, -0.05) is 0 Å². The van der Waals surface area contributed by atoms with Crippen molar-refractivity contribution < 1.29 is 14.6 Å². The van der Waals surface area contributed by atoms with E-state index >= 15 is 0 Å². The lowest BCUT2D eigenvalue weighted by Crippen LogP contribution is -2.00. The van der Waals surface area contributed by atoms with Gasteiger partial charge in [0.05, 0.1) is 18.5 Å². The van der Waals surface area contributed by atoms with Gasteiger partial charge in [-0.25, -0.2) is 14.3 Å². The summed E-state index contributed by atoms with van der Waals surface area (Å²) in [7, 11) is 1.61. The first-order valence-electron chi connectivity index (χ1n) is 6.34. The third kappa shape index (κ3) is 2.10. The van der Waals surface area contributed by atoms with Gasteiger partial charge >= 0.3 is 5.97 Å². The van der Waals surface area contributed by atoms with Crippen LogP contribution in [-0.2, 0) is 0 Å². The summed E-state index contributed by atoms with van der Waals surface area (Å²) in [5, 5.41) is 13.6. The number of nitrogens with zero attached hydrogens (tertiary/aromatic N) is 3. The van der Waals surface area contributed by atoms with Gasteiger partial charge in [-0.15, -0.1) is 0 Å². The highest BCUT2D eigenvalue weighted by Crippen LogP contribution is 2.24. The summed E-state index contributed by atoms with van der Waals surface area (Å²) < 4.78 is 6.69. The minimum Gasteiger partial charge on any atom is -0.497 e. The molecule has 6 nitrogen and oxygen atoms in total. The number of carbonyl (C=O) groups is 1. The van der Waals surface area contributed by atoms with E-state index in [1.165, 1.54) is 0 Å². The Morgan fingerprint density at radius 2 is 1.95 bits per heavy atom.